The highest BCUT2D eigenvalue weighted by molar-refractivity contribution is 8.00. The van der Waals surface area contributed by atoms with Crippen LogP contribution in [0.1, 0.15) is 18.9 Å². The zero-order chi connectivity index (χ0) is 22.7. The smallest absolute Gasteiger partial charge is 0.270 e. The molecule has 0 atom stereocenters. The van der Waals surface area contributed by atoms with Gasteiger partial charge in [0.1, 0.15) is 0 Å². The molecular weight excluding hydrogens is 448 g/mol. The van der Waals surface area contributed by atoms with Crippen molar-refractivity contribution in [1.82, 2.24) is 4.57 Å². The molecule has 10 heteroatoms. The molecule has 2 heterocycles. The Hall–Kier alpha value is -2.98. The molecule has 0 aliphatic carbocycles. The maximum absolute atomic E-state index is 12.7. The summed E-state index contributed by atoms with van der Waals surface area (Å²) >= 11 is 2.51. The number of nitrogens with zero attached hydrogens (tertiary/aromatic N) is 4. The van der Waals surface area contributed by atoms with E-state index < -0.39 is 4.92 Å². The van der Waals surface area contributed by atoms with Crippen LogP contribution in [0.3, 0.4) is 0 Å². The Morgan fingerprint density at radius 1 is 1.22 bits per heavy atom. The zero-order valence-corrected chi connectivity index (χ0v) is 19.2. The second-order valence-electron chi connectivity index (χ2n) is 7.31. The van der Waals surface area contributed by atoms with Gasteiger partial charge >= 0.3 is 0 Å². The summed E-state index contributed by atoms with van der Waals surface area (Å²) in [4.78, 5) is 42.3. The predicted octanol–water partition coefficient (Wildman–Crippen LogP) is 3.77. The van der Waals surface area contributed by atoms with Crippen LogP contribution in [0.2, 0.25) is 0 Å². The number of para-hydroxylation sites is 1. The largest absolute Gasteiger partial charge is 0.317 e. The molecule has 166 valence electrons. The molecule has 32 heavy (non-hydrogen) atoms. The number of amides is 2. The van der Waals surface area contributed by atoms with Crippen molar-refractivity contribution >= 4 is 56.5 Å². The number of non-ortho nitro benzene ring substituents is 1. The quantitative estimate of drug-likeness (QED) is 0.403. The number of fused-ring (bicyclic) bond motifs is 2. The molecule has 2 amide bonds. The minimum atomic E-state index is -0.439. The third-order valence-electron chi connectivity index (χ3n) is 5.28. The Bertz CT molecular complexity index is 1260. The number of hydrogen-bond donors (Lipinski definition) is 0. The normalized spacial score (nSPS) is 13.9. The van der Waals surface area contributed by atoms with E-state index in [1.807, 2.05) is 35.8 Å². The van der Waals surface area contributed by atoms with E-state index in [-0.39, 0.29) is 29.0 Å². The van der Waals surface area contributed by atoms with Crippen LogP contribution < -0.4 is 9.70 Å². The van der Waals surface area contributed by atoms with E-state index in [0.29, 0.717) is 22.6 Å². The fourth-order valence-corrected chi connectivity index (χ4v) is 5.62. The molecule has 0 fully saturated rings. The van der Waals surface area contributed by atoms with Gasteiger partial charge in [-0.2, -0.15) is 4.99 Å². The maximum Gasteiger partial charge on any atom is 0.270 e. The van der Waals surface area contributed by atoms with E-state index in [0.717, 1.165) is 24.0 Å². The highest BCUT2D eigenvalue weighted by Gasteiger charge is 2.22. The van der Waals surface area contributed by atoms with Crippen molar-refractivity contribution in [3.8, 4) is 0 Å². The van der Waals surface area contributed by atoms with Crippen LogP contribution in [-0.4, -0.2) is 39.4 Å². The van der Waals surface area contributed by atoms with Crippen LogP contribution in [-0.2, 0) is 22.6 Å². The van der Waals surface area contributed by atoms with Crippen molar-refractivity contribution in [1.29, 1.82) is 0 Å². The monoisotopic (exact) mass is 470 g/mol. The van der Waals surface area contributed by atoms with Gasteiger partial charge in [-0.05, 0) is 37.5 Å². The predicted molar refractivity (Wildman–Crippen MR) is 127 cm³/mol. The number of thiazole rings is 1. The van der Waals surface area contributed by atoms with Gasteiger partial charge in [-0.15, -0.1) is 11.8 Å². The SMILES string of the molecule is CCn1c(=NC(=O)CSCC(=O)N2CCCc3ccccc32)sc2cc([N+](=O)[O-])ccc21. The number of aryl methyl sites for hydroxylation is 2. The molecule has 2 aromatic carbocycles. The first kappa shape index (κ1) is 22.2. The number of anilines is 1. The number of thioether (sulfide) groups is 1. The van der Waals surface area contributed by atoms with Crippen LogP contribution in [0.15, 0.2) is 47.5 Å². The molecule has 0 N–H and O–H groups in total. The fourth-order valence-electron chi connectivity index (χ4n) is 3.80. The Balaban J connectivity index is 1.43. The maximum atomic E-state index is 12.7. The number of hydrogen-bond acceptors (Lipinski definition) is 6. The van der Waals surface area contributed by atoms with Crippen LogP contribution in [0.4, 0.5) is 11.4 Å². The number of rotatable bonds is 6. The molecule has 0 bridgehead atoms. The third kappa shape index (κ3) is 4.61. The van der Waals surface area contributed by atoms with Gasteiger partial charge in [-0.25, -0.2) is 0 Å². The van der Waals surface area contributed by atoms with Gasteiger partial charge in [0.15, 0.2) is 4.80 Å². The lowest BCUT2D eigenvalue weighted by Gasteiger charge is -2.29. The van der Waals surface area contributed by atoms with Crippen molar-refractivity contribution in [2.45, 2.75) is 26.3 Å². The molecule has 1 aliphatic heterocycles. The molecule has 0 radical (unpaired) electrons. The second-order valence-corrected chi connectivity index (χ2v) is 9.31. The number of nitro benzene ring substituents is 1. The molecule has 0 saturated heterocycles. The number of carbonyl (C=O) groups is 2. The molecule has 0 saturated carbocycles. The van der Waals surface area contributed by atoms with Crippen LogP contribution in [0, 0.1) is 10.1 Å². The van der Waals surface area contributed by atoms with Crippen molar-refractivity contribution in [2.75, 3.05) is 23.0 Å². The Labute approximate surface area is 192 Å². The Morgan fingerprint density at radius 2 is 2.03 bits per heavy atom. The number of carbonyl (C=O) groups excluding carboxylic acids is 2. The van der Waals surface area contributed by atoms with E-state index >= 15 is 0 Å². The number of benzene rings is 2. The summed E-state index contributed by atoms with van der Waals surface area (Å²) in [6.07, 6.45) is 1.91. The molecule has 8 nitrogen and oxygen atoms in total. The van der Waals surface area contributed by atoms with E-state index in [4.69, 9.17) is 0 Å². The minimum Gasteiger partial charge on any atom is -0.317 e. The molecule has 0 unspecified atom stereocenters. The molecule has 1 aliphatic rings. The first-order chi connectivity index (χ1) is 15.5. The summed E-state index contributed by atoms with van der Waals surface area (Å²) in [6, 6.07) is 12.6. The van der Waals surface area contributed by atoms with Crippen LogP contribution in [0.25, 0.3) is 10.2 Å². The average Bonchev–Trinajstić information content (AvgIpc) is 3.14. The van der Waals surface area contributed by atoms with E-state index in [9.17, 15) is 19.7 Å². The van der Waals surface area contributed by atoms with E-state index in [1.165, 1.54) is 40.8 Å². The number of nitro groups is 1. The molecule has 0 spiro atoms. The van der Waals surface area contributed by atoms with Gasteiger partial charge in [-0.3, -0.25) is 19.7 Å². The lowest BCUT2D eigenvalue weighted by Crippen LogP contribution is -2.36. The summed E-state index contributed by atoms with van der Waals surface area (Å²) < 4.78 is 2.57. The highest BCUT2D eigenvalue weighted by Crippen LogP contribution is 2.27. The lowest BCUT2D eigenvalue weighted by atomic mass is 10.0. The Kier molecular flexibility index (Phi) is 6.71. The van der Waals surface area contributed by atoms with E-state index in [1.54, 1.807) is 11.0 Å². The summed E-state index contributed by atoms with van der Waals surface area (Å²) in [6.45, 7) is 3.21. The van der Waals surface area contributed by atoms with Gasteiger partial charge in [0.05, 0.1) is 26.6 Å². The fraction of sp³-hybridized carbons (Fsp3) is 0.318. The third-order valence-corrected chi connectivity index (χ3v) is 7.22. The molecular formula is C22H22N4O4S2. The first-order valence-corrected chi connectivity index (χ1v) is 12.3. The summed E-state index contributed by atoms with van der Waals surface area (Å²) in [5.41, 5.74) is 2.95. The van der Waals surface area contributed by atoms with Crippen LogP contribution >= 0.6 is 23.1 Å². The van der Waals surface area contributed by atoms with Crippen molar-refractivity contribution in [2.24, 2.45) is 4.99 Å². The van der Waals surface area contributed by atoms with Crippen LogP contribution in [0.5, 0.6) is 0 Å². The van der Waals surface area contributed by atoms with Gasteiger partial charge < -0.3 is 9.47 Å². The molecule has 4 rings (SSSR count). The van der Waals surface area contributed by atoms with Gasteiger partial charge in [0.2, 0.25) is 5.91 Å². The van der Waals surface area contributed by atoms with Gasteiger partial charge in [-0.1, -0.05) is 29.5 Å². The summed E-state index contributed by atoms with van der Waals surface area (Å²) in [7, 11) is 0. The molecule has 3 aromatic rings. The van der Waals surface area contributed by atoms with Gasteiger partial charge in [0, 0.05) is 30.9 Å². The first-order valence-electron chi connectivity index (χ1n) is 10.3. The van der Waals surface area contributed by atoms with Crippen molar-refractivity contribution < 1.29 is 14.5 Å². The van der Waals surface area contributed by atoms with Crippen molar-refractivity contribution in [3.05, 3.63) is 62.9 Å². The van der Waals surface area contributed by atoms with E-state index in [2.05, 4.69) is 4.99 Å². The standard InChI is InChI=1S/C22H22N4O4S2/c1-2-24-18-10-9-16(26(29)30)12-19(18)32-22(24)23-20(27)13-31-14-21(28)25-11-5-7-15-6-3-4-8-17(15)25/h3-4,6,8-10,12H,2,5,7,11,13-14H2,1H3. The second kappa shape index (κ2) is 9.66. The highest BCUT2D eigenvalue weighted by atomic mass is 32.2. The molecule has 1 aromatic heterocycles. The van der Waals surface area contributed by atoms with Gasteiger partial charge in [0.25, 0.3) is 11.6 Å². The minimum absolute atomic E-state index is 0.00672. The topological polar surface area (TPSA) is 97.8 Å². The number of aromatic nitrogens is 1. The zero-order valence-electron chi connectivity index (χ0n) is 17.5. The lowest BCUT2D eigenvalue weighted by molar-refractivity contribution is -0.384. The van der Waals surface area contributed by atoms with Crippen molar-refractivity contribution in [3.63, 3.8) is 0 Å². The summed E-state index contributed by atoms with van der Waals surface area (Å²) in [5.74, 6) is -0.0285. The summed E-state index contributed by atoms with van der Waals surface area (Å²) in [5, 5.41) is 11.0. The Morgan fingerprint density at radius 3 is 2.81 bits per heavy atom. The average molecular weight is 471 g/mol.